The minimum Gasteiger partial charge on any atom is -0.339 e. The van der Waals surface area contributed by atoms with E-state index in [9.17, 15) is 13.2 Å². The highest BCUT2D eigenvalue weighted by Crippen LogP contribution is 2.14. The van der Waals surface area contributed by atoms with Crippen LogP contribution in [-0.2, 0) is 14.8 Å². The third-order valence-electron chi connectivity index (χ3n) is 4.21. The van der Waals surface area contributed by atoms with Crippen LogP contribution >= 0.6 is 15.9 Å². The Bertz CT molecular complexity index is 869. The van der Waals surface area contributed by atoms with Gasteiger partial charge in [0.25, 0.3) is 0 Å². The Labute approximate surface area is 166 Å². The van der Waals surface area contributed by atoms with E-state index in [-0.39, 0.29) is 23.8 Å². The van der Waals surface area contributed by atoms with Crippen molar-refractivity contribution in [1.82, 2.24) is 19.6 Å². The second-order valence-electron chi connectivity index (χ2n) is 6.03. The van der Waals surface area contributed by atoms with Crippen LogP contribution < -0.4 is 9.62 Å². The Morgan fingerprint density at radius 1 is 1.07 bits per heavy atom. The Kier molecular flexibility index (Phi) is 6.40. The van der Waals surface area contributed by atoms with Gasteiger partial charge in [0.1, 0.15) is 0 Å². The molecule has 3 rings (SSSR count). The molecular formula is C17H20BrN5O3S. The zero-order valence-electron chi connectivity index (χ0n) is 14.6. The number of hydrogen-bond acceptors (Lipinski definition) is 6. The summed E-state index contributed by atoms with van der Waals surface area (Å²) >= 11 is 3.31. The van der Waals surface area contributed by atoms with E-state index < -0.39 is 10.0 Å². The molecule has 2 heterocycles. The molecule has 1 aromatic carbocycles. The highest BCUT2D eigenvalue weighted by atomic mass is 79.9. The number of hydrogen-bond donors (Lipinski definition) is 1. The second-order valence-corrected chi connectivity index (χ2v) is 8.71. The van der Waals surface area contributed by atoms with Crippen molar-refractivity contribution in [2.24, 2.45) is 0 Å². The maximum absolute atomic E-state index is 12.3. The number of nitrogens with zero attached hydrogens (tertiary/aromatic N) is 4. The largest absolute Gasteiger partial charge is 0.339 e. The molecular weight excluding hydrogens is 434 g/mol. The Morgan fingerprint density at radius 3 is 2.33 bits per heavy atom. The standard InChI is InChI=1S/C17H20BrN5O3S/c18-14-12-19-17(20-13-14)23-10-8-22(9-11-23)16(24)6-7-21-27(25,26)15-4-2-1-3-5-15/h1-5,12-13,21H,6-11H2. The normalized spacial score (nSPS) is 15.0. The maximum atomic E-state index is 12.3. The average Bonchev–Trinajstić information content (AvgIpc) is 2.69. The minimum absolute atomic E-state index is 0.0675. The molecule has 0 saturated carbocycles. The first-order valence-corrected chi connectivity index (χ1v) is 10.8. The molecule has 0 bridgehead atoms. The van der Waals surface area contributed by atoms with Gasteiger partial charge < -0.3 is 9.80 Å². The monoisotopic (exact) mass is 453 g/mol. The lowest BCUT2D eigenvalue weighted by molar-refractivity contribution is -0.131. The summed E-state index contributed by atoms with van der Waals surface area (Å²) < 4.78 is 27.6. The second kappa shape index (κ2) is 8.77. The fourth-order valence-electron chi connectivity index (χ4n) is 2.76. The van der Waals surface area contributed by atoms with Gasteiger partial charge in [-0.2, -0.15) is 0 Å². The molecule has 1 fully saturated rings. The number of anilines is 1. The van der Waals surface area contributed by atoms with E-state index in [0.29, 0.717) is 32.1 Å². The minimum atomic E-state index is -3.58. The third kappa shape index (κ3) is 5.24. The summed E-state index contributed by atoms with van der Waals surface area (Å²) in [6.07, 6.45) is 3.51. The zero-order valence-corrected chi connectivity index (χ0v) is 17.0. The SMILES string of the molecule is O=C(CCNS(=O)(=O)c1ccccc1)N1CCN(c2ncc(Br)cn2)CC1. The van der Waals surface area contributed by atoms with Gasteiger partial charge in [-0.1, -0.05) is 18.2 Å². The summed E-state index contributed by atoms with van der Waals surface area (Å²) in [5, 5.41) is 0. The molecule has 1 aliphatic heterocycles. The molecule has 2 aromatic rings. The number of sulfonamides is 1. The van der Waals surface area contributed by atoms with Gasteiger partial charge in [0.05, 0.1) is 9.37 Å². The number of carbonyl (C=O) groups is 1. The molecule has 0 atom stereocenters. The molecule has 1 aliphatic rings. The molecule has 0 radical (unpaired) electrons. The van der Waals surface area contributed by atoms with Gasteiger partial charge in [0.15, 0.2) is 0 Å². The van der Waals surface area contributed by atoms with Gasteiger partial charge in [-0.3, -0.25) is 4.79 Å². The average molecular weight is 454 g/mol. The number of carbonyl (C=O) groups excluding carboxylic acids is 1. The molecule has 10 heteroatoms. The lowest BCUT2D eigenvalue weighted by atomic mass is 10.3. The van der Waals surface area contributed by atoms with Crippen molar-refractivity contribution < 1.29 is 13.2 Å². The van der Waals surface area contributed by atoms with Crippen LogP contribution in [0.4, 0.5) is 5.95 Å². The summed E-state index contributed by atoms with van der Waals surface area (Å²) in [7, 11) is -3.58. The van der Waals surface area contributed by atoms with Crippen LogP contribution in [0.5, 0.6) is 0 Å². The first-order chi connectivity index (χ1) is 13.0. The molecule has 0 unspecified atom stereocenters. The number of aromatic nitrogens is 2. The Hall–Kier alpha value is -2.04. The number of rotatable bonds is 6. The summed E-state index contributed by atoms with van der Waals surface area (Å²) in [5.41, 5.74) is 0. The first kappa shape index (κ1) is 19.7. The fourth-order valence-corrected chi connectivity index (χ4v) is 4.02. The van der Waals surface area contributed by atoms with Gasteiger partial charge in [-0.15, -0.1) is 0 Å². The summed E-state index contributed by atoms with van der Waals surface area (Å²) in [6.45, 7) is 2.48. The van der Waals surface area contributed by atoms with Crippen LogP contribution in [-0.4, -0.2) is 61.9 Å². The number of nitrogens with one attached hydrogen (secondary N) is 1. The van der Waals surface area contributed by atoms with Crippen molar-refractivity contribution in [2.45, 2.75) is 11.3 Å². The molecule has 1 saturated heterocycles. The smallest absolute Gasteiger partial charge is 0.240 e. The van der Waals surface area contributed by atoms with Gasteiger partial charge in [0, 0.05) is 51.5 Å². The zero-order chi connectivity index (χ0) is 19.3. The van der Waals surface area contributed by atoms with Gasteiger partial charge in [0.2, 0.25) is 21.9 Å². The van der Waals surface area contributed by atoms with E-state index >= 15 is 0 Å². The Balaban J connectivity index is 1.45. The molecule has 8 nitrogen and oxygen atoms in total. The molecule has 1 aromatic heterocycles. The van der Waals surface area contributed by atoms with Crippen molar-refractivity contribution in [3.05, 3.63) is 47.2 Å². The molecule has 1 N–H and O–H groups in total. The van der Waals surface area contributed by atoms with E-state index in [1.807, 2.05) is 4.90 Å². The van der Waals surface area contributed by atoms with Crippen molar-refractivity contribution in [2.75, 3.05) is 37.6 Å². The van der Waals surface area contributed by atoms with E-state index in [1.54, 1.807) is 35.5 Å². The van der Waals surface area contributed by atoms with Crippen LogP contribution in [0, 0.1) is 0 Å². The highest BCUT2D eigenvalue weighted by Gasteiger charge is 2.23. The highest BCUT2D eigenvalue weighted by molar-refractivity contribution is 9.10. The summed E-state index contributed by atoms with van der Waals surface area (Å²) in [6, 6.07) is 8.12. The van der Waals surface area contributed by atoms with Crippen molar-refractivity contribution in [3.8, 4) is 0 Å². The number of amides is 1. The van der Waals surface area contributed by atoms with E-state index in [4.69, 9.17) is 0 Å². The van der Waals surface area contributed by atoms with Crippen LogP contribution in [0.25, 0.3) is 0 Å². The van der Waals surface area contributed by atoms with E-state index in [0.717, 1.165) is 4.47 Å². The van der Waals surface area contributed by atoms with Crippen LogP contribution in [0.15, 0.2) is 52.1 Å². The predicted octanol–water partition coefficient (Wildman–Crippen LogP) is 1.26. The van der Waals surface area contributed by atoms with E-state index in [2.05, 4.69) is 30.6 Å². The fraction of sp³-hybridized carbons (Fsp3) is 0.353. The lowest BCUT2D eigenvalue weighted by Gasteiger charge is -2.34. The molecule has 1 amide bonds. The lowest BCUT2D eigenvalue weighted by Crippen LogP contribution is -2.49. The van der Waals surface area contributed by atoms with Gasteiger partial charge >= 0.3 is 0 Å². The summed E-state index contributed by atoms with van der Waals surface area (Å²) in [5.74, 6) is 0.572. The van der Waals surface area contributed by atoms with Crippen molar-refractivity contribution in [3.63, 3.8) is 0 Å². The quantitative estimate of drug-likeness (QED) is 0.706. The number of halogens is 1. The van der Waals surface area contributed by atoms with E-state index in [1.165, 1.54) is 12.1 Å². The molecule has 0 aliphatic carbocycles. The van der Waals surface area contributed by atoms with Crippen molar-refractivity contribution in [1.29, 1.82) is 0 Å². The van der Waals surface area contributed by atoms with Crippen LogP contribution in [0.3, 0.4) is 0 Å². The number of piperazine rings is 1. The number of benzene rings is 1. The topological polar surface area (TPSA) is 95.5 Å². The molecule has 0 spiro atoms. The van der Waals surface area contributed by atoms with Crippen molar-refractivity contribution >= 4 is 37.8 Å². The third-order valence-corrected chi connectivity index (χ3v) is 6.09. The molecule has 144 valence electrons. The Morgan fingerprint density at radius 2 is 1.70 bits per heavy atom. The predicted molar refractivity (Wildman–Crippen MR) is 105 cm³/mol. The summed E-state index contributed by atoms with van der Waals surface area (Å²) in [4.78, 5) is 24.8. The first-order valence-electron chi connectivity index (χ1n) is 8.51. The van der Waals surface area contributed by atoms with Crippen LogP contribution in [0.1, 0.15) is 6.42 Å². The van der Waals surface area contributed by atoms with Gasteiger partial charge in [-0.25, -0.2) is 23.1 Å². The van der Waals surface area contributed by atoms with Gasteiger partial charge in [-0.05, 0) is 28.1 Å². The maximum Gasteiger partial charge on any atom is 0.240 e. The molecule has 27 heavy (non-hydrogen) atoms. The van der Waals surface area contributed by atoms with Crippen LogP contribution in [0.2, 0.25) is 0 Å².